The highest BCUT2D eigenvalue weighted by atomic mass is 16.1. The Morgan fingerprint density at radius 1 is 1.04 bits per heavy atom. The van der Waals surface area contributed by atoms with E-state index in [1.165, 1.54) is 11.3 Å². The van der Waals surface area contributed by atoms with Gasteiger partial charge in [0.05, 0.1) is 0 Å². The maximum atomic E-state index is 12.4. The monoisotopic (exact) mass is 314 g/mol. The standard InChI is InChI=1S/C20H30N2O/c1-7-21-18(6)16(4)12-11-15(3)17(5)20(23)22-19-10-8-9-14(2)13-19/h8-10,13,21H,7,11-12H2,1-6H3,(H,22,23)/b17-15+,18-16-. The zero-order valence-corrected chi connectivity index (χ0v) is 15.3. The molecular formula is C20H30N2O. The van der Waals surface area contributed by atoms with Crippen molar-refractivity contribution < 1.29 is 4.79 Å². The Bertz CT molecular complexity index is 612. The Morgan fingerprint density at radius 3 is 2.30 bits per heavy atom. The van der Waals surface area contributed by atoms with Crippen LogP contribution in [-0.2, 0) is 4.79 Å². The lowest BCUT2D eigenvalue weighted by molar-refractivity contribution is -0.112. The van der Waals surface area contributed by atoms with Crippen LogP contribution in [0.5, 0.6) is 0 Å². The minimum atomic E-state index is -0.0156. The molecular weight excluding hydrogens is 284 g/mol. The molecule has 0 unspecified atom stereocenters. The first kappa shape index (κ1) is 19.0. The quantitative estimate of drug-likeness (QED) is 0.699. The highest BCUT2D eigenvalue weighted by Crippen LogP contribution is 2.18. The molecule has 0 atom stereocenters. The van der Waals surface area contributed by atoms with Crippen LogP contribution in [0.1, 0.15) is 53.0 Å². The Hall–Kier alpha value is -2.03. The van der Waals surface area contributed by atoms with Crippen molar-refractivity contribution in [2.45, 2.75) is 54.4 Å². The van der Waals surface area contributed by atoms with Crippen LogP contribution in [-0.4, -0.2) is 12.5 Å². The fraction of sp³-hybridized carbons (Fsp3) is 0.450. The lowest BCUT2D eigenvalue weighted by atomic mass is 10.0. The van der Waals surface area contributed by atoms with Crippen molar-refractivity contribution in [2.24, 2.45) is 0 Å². The molecule has 0 bridgehead atoms. The van der Waals surface area contributed by atoms with Gasteiger partial charge in [-0.05, 0) is 72.1 Å². The van der Waals surface area contributed by atoms with Crippen LogP contribution in [0, 0.1) is 6.92 Å². The first-order valence-electron chi connectivity index (χ1n) is 8.29. The van der Waals surface area contributed by atoms with Gasteiger partial charge in [0, 0.05) is 23.5 Å². The third kappa shape index (κ3) is 6.31. The van der Waals surface area contributed by atoms with Gasteiger partial charge < -0.3 is 10.6 Å². The molecule has 3 heteroatoms. The van der Waals surface area contributed by atoms with Crippen LogP contribution in [0.4, 0.5) is 5.69 Å². The van der Waals surface area contributed by atoms with Crippen molar-refractivity contribution in [3.63, 3.8) is 0 Å². The smallest absolute Gasteiger partial charge is 0.251 e. The van der Waals surface area contributed by atoms with E-state index < -0.39 is 0 Å². The number of allylic oxidation sites excluding steroid dienone is 3. The summed E-state index contributed by atoms with van der Waals surface area (Å²) in [6, 6.07) is 7.87. The van der Waals surface area contributed by atoms with Gasteiger partial charge in [-0.2, -0.15) is 0 Å². The Labute approximate surface area is 140 Å². The molecule has 0 aliphatic rings. The summed E-state index contributed by atoms with van der Waals surface area (Å²) in [7, 11) is 0. The molecule has 0 saturated heterocycles. The molecule has 3 nitrogen and oxygen atoms in total. The van der Waals surface area contributed by atoms with Crippen molar-refractivity contribution >= 4 is 11.6 Å². The zero-order chi connectivity index (χ0) is 17.4. The molecule has 0 aliphatic carbocycles. The summed E-state index contributed by atoms with van der Waals surface area (Å²) in [6.07, 6.45) is 1.88. The number of amides is 1. The van der Waals surface area contributed by atoms with Crippen LogP contribution < -0.4 is 10.6 Å². The van der Waals surface area contributed by atoms with E-state index in [4.69, 9.17) is 0 Å². The summed E-state index contributed by atoms with van der Waals surface area (Å²) in [5, 5.41) is 6.32. The molecule has 1 aromatic rings. The Balaban J connectivity index is 2.69. The molecule has 0 saturated carbocycles. The number of rotatable bonds is 7. The molecule has 1 rings (SSSR count). The highest BCUT2D eigenvalue weighted by Gasteiger charge is 2.09. The summed E-state index contributed by atoms with van der Waals surface area (Å²) >= 11 is 0. The van der Waals surface area contributed by atoms with Gasteiger partial charge >= 0.3 is 0 Å². The molecule has 1 amide bonds. The summed E-state index contributed by atoms with van der Waals surface area (Å²) < 4.78 is 0. The number of hydrogen-bond donors (Lipinski definition) is 2. The molecule has 0 heterocycles. The second-order valence-corrected chi connectivity index (χ2v) is 6.16. The number of nitrogens with one attached hydrogen (secondary N) is 2. The van der Waals surface area contributed by atoms with E-state index in [1.54, 1.807) is 0 Å². The van der Waals surface area contributed by atoms with Crippen molar-refractivity contribution in [1.82, 2.24) is 5.32 Å². The number of anilines is 1. The maximum absolute atomic E-state index is 12.4. The van der Waals surface area contributed by atoms with Crippen LogP contribution in [0.25, 0.3) is 0 Å². The molecule has 0 fully saturated rings. The second kappa shape index (κ2) is 9.19. The molecule has 23 heavy (non-hydrogen) atoms. The number of carbonyl (C=O) groups excluding carboxylic acids is 1. The minimum Gasteiger partial charge on any atom is -0.389 e. The van der Waals surface area contributed by atoms with Crippen molar-refractivity contribution in [1.29, 1.82) is 0 Å². The fourth-order valence-electron chi connectivity index (χ4n) is 2.31. The van der Waals surface area contributed by atoms with Crippen molar-refractivity contribution in [3.8, 4) is 0 Å². The normalized spacial score (nSPS) is 13.1. The van der Waals surface area contributed by atoms with E-state index in [-0.39, 0.29) is 5.91 Å². The van der Waals surface area contributed by atoms with Gasteiger partial charge in [-0.1, -0.05) is 23.3 Å². The van der Waals surface area contributed by atoms with Gasteiger partial charge in [-0.15, -0.1) is 0 Å². The van der Waals surface area contributed by atoms with Gasteiger partial charge in [0.25, 0.3) is 5.91 Å². The van der Waals surface area contributed by atoms with Gasteiger partial charge in [0.15, 0.2) is 0 Å². The first-order valence-corrected chi connectivity index (χ1v) is 8.29. The summed E-state index contributed by atoms with van der Waals surface area (Å²) in [6.45, 7) is 13.3. The highest BCUT2D eigenvalue weighted by molar-refractivity contribution is 6.03. The Kier molecular flexibility index (Phi) is 7.60. The topological polar surface area (TPSA) is 41.1 Å². The average molecular weight is 314 g/mol. The lowest BCUT2D eigenvalue weighted by Gasteiger charge is -2.12. The van der Waals surface area contributed by atoms with E-state index in [0.29, 0.717) is 0 Å². The van der Waals surface area contributed by atoms with E-state index in [2.05, 4.69) is 31.4 Å². The molecule has 126 valence electrons. The van der Waals surface area contributed by atoms with Gasteiger partial charge in [0.2, 0.25) is 0 Å². The number of carbonyl (C=O) groups is 1. The summed E-state index contributed by atoms with van der Waals surface area (Å²) in [5.41, 5.74) is 6.52. The first-order chi connectivity index (χ1) is 10.8. The summed E-state index contributed by atoms with van der Waals surface area (Å²) in [4.78, 5) is 12.4. The number of benzene rings is 1. The van der Waals surface area contributed by atoms with Crippen LogP contribution >= 0.6 is 0 Å². The van der Waals surface area contributed by atoms with E-state index >= 15 is 0 Å². The molecule has 0 radical (unpaired) electrons. The third-order valence-electron chi connectivity index (χ3n) is 4.21. The average Bonchev–Trinajstić information content (AvgIpc) is 2.51. The second-order valence-electron chi connectivity index (χ2n) is 6.16. The molecule has 0 aliphatic heterocycles. The van der Waals surface area contributed by atoms with Crippen LogP contribution in [0.3, 0.4) is 0 Å². The SMILES string of the molecule is CCN/C(C)=C(/C)CC/C(C)=C(\C)C(=O)Nc1cccc(C)c1. The van der Waals surface area contributed by atoms with Gasteiger partial charge in [0.1, 0.15) is 0 Å². The maximum Gasteiger partial charge on any atom is 0.251 e. The predicted octanol–water partition coefficient (Wildman–Crippen LogP) is 4.95. The lowest BCUT2D eigenvalue weighted by Crippen LogP contribution is -2.14. The van der Waals surface area contributed by atoms with Gasteiger partial charge in [-0.3, -0.25) is 4.79 Å². The van der Waals surface area contributed by atoms with Gasteiger partial charge in [-0.25, -0.2) is 0 Å². The van der Waals surface area contributed by atoms with E-state index in [9.17, 15) is 4.79 Å². The fourth-order valence-corrected chi connectivity index (χ4v) is 2.31. The minimum absolute atomic E-state index is 0.0156. The van der Waals surface area contributed by atoms with Crippen molar-refractivity contribution in [3.05, 3.63) is 52.2 Å². The number of aryl methyl sites for hydroxylation is 1. The zero-order valence-electron chi connectivity index (χ0n) is 15.3. The molecule has 0 spiro atoms. The van der Waals surface area contributed by atoms with Crippen molar-refractivity contribution in [2.75, 3.05) is 11.9 Å². The number of hydrogen-bond acceptors (Lipinski definition) is 2. The molecule has 0 aromatic heterocycles. The summed E-state index contributed by atoms with van der Waals surface area (Å²) in [5.74, 6) is -0.0156. The molecule has 2 N–H and O–H groups in total. The Morgan fingerprint density at radius 2 is 1.70 bits per heavy atom. The van der Waals surface area contributed by atoms with Crippen LogP contribution in [0.2, 0.25) is 0 Å². The molecule has 1 aromatic carbocycles. The third-order valence-corrected chi connectivity index (χ3v) is 4.21. The predicted molar refractivity (Wildman–Crippen MR) is 99.5 cm³/mol. The largest absolute Gasteiger partial charge is 0.389 e. The van der Waals surface area contributed by atoms with E-state index in [0.717, 1.165) is 41.8 Å². The van der Waals surface area contributed by atoms with E-state index in [1.807, 2.05) is 45.0 Å². The van der Waals surface area contributed by atoms with Crippen LogP contribution in [0.15, 0.2) is 46.7 Å².